The number of rotatable bonds is 7. The molecule has 0 aliphatic carbocycles. The Labute approximate surface area is 134 Å². The Bertz CT molecular complexity index is 450. The lowest BCUT2D eigenvalue weighted by Crippen LogP contribution is -2.55. The molecule has 1 aromatic rings. The molecule has 0 aromatic heterocycles. The van der Waals surface area contributed by atoms with Gasteiger partial charge in [0.25, 0.3) is 0 Å². The van der Waals surface area contributed by atoms with E-state index < -0.39 is 0 Å². The van der Waals surface area contributed by atoms with Crippen molar-refractivity contribution in [3.8, 4) is 5.75 Å². The van der Waals surface area contributed by atoms with Gasteiger partial charge in [-0.15, -0.1) is 0 Å². The molecule has 2 atom stereocenters. The lowest BCUT2D eigenvalue weighted by Gasteiger charge is -2.41. The largest absolute Gasteiger partial charge is 0.492 e. The molecule has 1 aliphatic rings. The Balaban J connectivity index is 1.76. The summed E-state index contributed by atoms with van der Waals surface area (Å²) in [5, 5.41) is 9.60. The molecule has 0 unspecified atom stereocenters. The van der Waals surface area contributed by atoms with Gasteiger partial charge in [0.1, 0.15) is 12.4 Å². The smallest absolute Gasteiger partial charge is 0.122 e. The molecular formula is C18H30N2O2. The molecule has 0 saturated carbocycles. The van der Waals surface area contributed by atoms with Crippen LogP contribution < -0.4 is 4.74 Å². The Morgan fingerprint density at radius 3 is 2.77 bits per heavy atom. The van der Waals surface area contributed by atoms with E-state index in [-0.39, 0.29) is 6.10 Å². The summed E-state index contributed by atoms with van der Waals surface area (Å²) in [4.78, 5) is 4.90. The van der Waals surface area contributed by atoms with E-state index in [9.17, 15) is 5.11 Å². The molecule has 1 saturated heterocycles. The highest BCUT2D eigenvalue weighted by Crippen LogP contribution is 2.17. The van der Waals surface area contributed by atoms with E-state index in [2.05, 4.69) is 29.7 Å². The van der Waals surface area contributed by atoms with Crippen LogP contribution in [0.25, 0.3) is 0 Å². The van der Waals surface area contributed by atoms with Crippen molar-refractivity contribution in [2.75, 3.05) is 39.3 Å². The van der Waals surface area contributed by atoms with E-state index >= 15 is 0 Å². The van der Waals surface area contributed by atoms with Crippen molar-refractivity contribution in [3.63, 3.8) is 0 Å². The number of ether oxygens (including phenoxy) is 1. The summed E-state index contributed by atoms with van der Waals surface area (Å²) in [5.41, 5.74) is 1.19. The van der Waals surface area contributed by atoms with Gasteiger partial charge in [0.2, 0.25) is 0 Å². The number of benzene rings is 1. The van der Waals surface area contributed by atoms with E-state index in [1.807, 2.05) is 25.1 Å². The first kappa shape index (κ1) is 17.3. The van der Waals surface area contributed by atoms with Crippen LogP contribution in [0, 0.1) is 6.92 Å². The third kappa shape index (κ3) is 4.97. The van der Waals surface area contributed by atoms with Gasteiger partial charge < -0.3 is 9.84 Å². The van der Waals surface area contributed by atoms with Crippen molar-refractivity contribution >= 4 is 0 Å². The lowest BCUT2D eigenvalue weighted by atomic mass is 10.1. The molecule has 0 amide bonds. The minimum Gasteiger partial charge on any atom is -0.492 e. The van der Waals surface area contributed by atoms with Gasteiger partial charge in [-0.3, -0.25) is 9.80 Å². The normalized spacial score (nSPS) is 21.7. The zero-order valence-corrected chi connectivity index (χ0v) is 14.2. The van der Waals surface area contributed by atoms with Crippen molar-refractivity contribution in [1.29, 1.82) is 0 Å². The number of aliphatic hydroxyl groups excluding tert-OH is 1. The molecule has 1 aliphatic heterocycles. The van der Waals surface area contributed by atoms with Crippen LogP contribution in [-0.2, 0) is 0 Å². The molecule has 0 bridgehead atoms. The quantitative estimate of drug-likeness (QED) is 0.837. The van der Waals surface area contributed by atoms with Gasteiger partial charge >= 0.3 is 0 Å². The van der Waals surface area contributed by atoms with E-state index in [0.29, 0.717) is 6.04 Å². The molecule has 0 spiro atoms. The Kier molecular flexibility index (Phi) is 6.68. The van der Waals surface area contributed by atoms with E-state index in [1.165, 1.54) is 5.56 Å². The zero-order valence-electron chi connectivity index (χ0n) is 14.2. The van der Waals surface area contributed by atoms with E-state index in [0.717, 1.165) is 51.5 Å². The third-order valence-corrected chi connectivity index (χ3v) is 4.42. The second-order valence-electron chi connectivity index (χ2n) is 6.32. The minimum absolute atomic E-state index is 0.245. The summed E-state index contributed by atoms with van der Waals surface area (Å²) in [6.07, 6.45) is 0.881. The maximum atomic E-state index is 9.60. The number of piperazine rings is 1. The van der Waals surface area contributed by atoms with Crippen molar-refractivity contribution in [2.24, 2.45) is 0 Å². The molecule has 0 radical (unpaired) electrons. The fourth-order valence-electron chi connectivity index (χ4n) is 3.13. The average Bonchev–Trinajstić information content (AvgIpc) is 2.50. The van der Waals surface area contributed by atoms with Crippen molar-refractivity contribution in [2.45, 2.75) is 39.3 Å². The topological polar surface area (TPSA) is 35.9 Å². The summed E-state index contributed by atoms with van der Waals surface area (Å²) < 4.78 is 5.90. The van der Waals surface area contributed by atoms with Crippen LogP contribution in [0.1, 0.15) is 25.8 Å². The number of hydrogen-bond donors (Lipinski definition) is 1. The summed E-state index contributed by atoms with van der Waals surface area (Å²) in [5.74, 6) is 0.988. The molecule has 4 nitrogen and oxygen atoms in total. The average molecular weight is 306 g/mol. The third-order valence-electron chi connectivity index (χ3n) is 4.42. The van der Waals surface area contributed by atoms with Gasteiger partial charge in [-0.2, -0.15) is 0 Å². The van der Waals surface area contributed by atoms with E-state index in [1.54, 1.807) is 0 Å². The summed E-state index contributed by atoms with van der Waals surface area (Å²) in [6, 6.07) is 8.71. The summed E-state index contributed by atoms with van der Waals surface area (Å²) in [6.45, 7) is 11.8. The van der Waals surface area contributed by atoms with Crippen LogP contribution in [0.4, 0.5) is 0 Å². The zero-order chi connectivity index (χ0) is 15.9. The maximum absolute atomic E-state index is 9.60. The summed E-state index contributed by atoms with van der Waals surface area (Å²) in [7, 11) is 0. The SMILES string of the molecule is CC[C@H]1CN(CCOc2ccccc2C)CCN1C[C@@H](C)O. The standard InChI is InChI=1S/C18H30N2O2/c1-4-17-14-19(9-10-20(17)13-16(3)21)11-12-22-18-8-6-5-7-15(18)2/h5-8,16-17,21H,4,9-14H2,1-3H3/t16-,17+/m1/s1. The van der Waals surface area contributed by atoms with Crippen LogP contribution in [0.15, 0.2) is 24.3 Å². The molecule has 1 heterocycles. The first-order valence-electron chi connectivity index (χ1n) is 8.43. The van der Waals surface area contributed by atoms with Gasteiger partial charge in [-0.05, 0) is 31.9 Å². The highest BCUT2D eigenvalue weighted by atomic mass is 16.5. The van der Waals surface area contributed by atoms with Crippen LogP contribution in [0.3, 0.4) is 0 Å². The second kappa shape index (κ2) is 8.51. The fourth-order valence-corrected chi connectivity index (χ4v) is 3.13. The molecule has 1 fully saturated rings. The van der Waals surface area contributed by atoms with Gasteiger partial charge in [-0.25, -0.2) is 0 Å². The summed E-state index contributed by atoms with van der Waals surface area (Å²) >= 11 is 0. The van der Waals surface area contributed by atoms with Crippen molar-refractivity contribution in [3.05, 3.63) is 29.8 Å². The molecule has 1 N–H and O–H groups in total. The Morgan fingerprint density at radius 2 is 2.09 bits per heavy atom. The number of aryl methyl sites for hydroxylation is 1. The fraction of sp³-hybridized carbons (Fsp3) is 0.667. The Hall–Kier alpha value is -1.10. The molecule has 2 rings (SSSR count). The highest BCUT2D eigenvalue weighted by Gasteiger charge is 2.26. The number of nitrogens with zero attached hydrogens (tertiary/aromatic N) is 2. The van der Waals surface area contributed by atoms with Crippen molar-refractivity contribution < 1.29 is 9.84 Å². The first-order chi connectivity index (χ1) is 10.6. The van der Waals surface area contributed by atoms with E-state index in [4.69, 9.17) is 4.74 Å². The van der Waals surface area contributed by atoms with Gasteiger partial charge in [-0.1, -0.05) is 25.1 Å². The number of hydrogen-bond acceptors (Lipinski definition) is 4. The van der Waals surface area contributed by atoms with Crippen LogP contribution in [-0.4, -0.2) is 66.4 Å². The predicted octanol–water partition coefficient (Wildman–Crippen LogP) is 2.15. The molecular weight excluding hydrogens is 276 g/mol. The monoisotopic (exact) mass is 306 g/mol. The Morgan fingerprint density at radius 1 is 1.32 bits per heavy atom. The van der Waals surface area contributed by atoms with Crippen LogP contribution >= 0.6 is 0 Å². The second-order valence-corrected chi connectivity index (χ2v) is 6.32. The number of aliphatic hydroxyl groups is 1. The maximum Gasteiger partial charge on any atom is 0.122 e. The van der Waals surface area contributed by atoms with Crippen LogP contribution in [0.5, 0.6) is 5.75 Å². The number of β-amino-alcohol motifs (C(OH)–C–C–N with tert-alkyl or cyclic N) is 1. The molecule has 22 heavy (non-hydrogen) atoms. The molecule has 4 heteroatoms. The van der Waals surface area contributed by atoms with Gasteiger partial charge in [0, 0.05) is 38.8 Å². The molecule has 124 valence electrons. The predicted molar refractivity (Wildman–Crippen MR) is 90.4 cm³/mol. The lowest BCUT2D eigenvalue weighted by molar-refractivity contribution is 0.0322. The highest BCUT2D eigenvalue weighted by molar-refractivity contribution is 5.31. The van der Waals surface area contributed by atoms with Crippen molar-refractivity contribution in [1.82, 2.24) is 9.80 Å². The van der Waals surface area contributed by atoms with Gasteiger partial charge in [0.15, 0.2) is 0 Å². The minimum atomic E-state index is -0.245. The number of para-hydroxylation sites is 1. The van der Waals surface area contributed by atoms with Crippen LogP contribution in [0.2, 0.25) is 0 Å². The first-order valence-corrected chi connectivity index (χ1v) is 8.43. The molecule has 1 aromatic carbocycles. The van der Waals surface area contributed by atoms with Gasteiger partial charge in [0.05, 0.1) is 6.10 Å².